The molecule has 116 valence electrons. The zero-order chi connectivity index (χ0) is 16.1. The number of aryl methyl sites for hydroxylation is 1. The number of aromatic nitrogens is 2. The van der Waals surface area contributed by atoms with Crippen LogP contribution in [0.25, 0.3) is 11.1 Å². The highest BCUT2D eigenvalue weighted by Crippen LogP contribution is 2.19. The molecule has 23 heavy (non-hydrogen) atoms. The van der Waals surface area contributed by atoms with E-state index in [1.165, 1.54) is 0 Å². The molecule has 0 saturated carbocycles. The largest absolute Gasteiger partial charge is 0.455 e. The van der Waals surface area contributed by atoms with Crippen LogP contribution < -0.4 is 0 Å². The maximum Gasteiger partial charge on any atom is 0.310 e. The summed E-state index contributed by atoms with van der Waals surface area (Å²) in [5.41, 5.74) is 3.16. The van der Waals surface area contributed by atoms with Crippen molar-refractivity contribution in [2.45, 2.75) is 20.0 Å². The minimum atomic E-state index is -0.326. The summed E-state index contributed by atoms with van der Waals surface area (Å²) in [6, 6.07) is 17.9. The van der Waals surface area contributed by atoms with Crippen LogP contribution in [0, 0.1) is 6.92 Å². The van der Waals surface area contributed by atoms with Gasteiger partial charge in [-0.15, -0.1) is 0 Å². The highest BCUT2D eigenvalue weighted by molar-refractivity contribution is 5.73. The molecule has 5 heteroatoms. The highest BCUT2D eigenvalue weighted by Gasteiger charge is 2.09. The second-order valence-electron chi connectivity index (χ2n) is 5.14. The Kier molecular flexibility index (Phi) is 4.47. The lowest BCUT2D eigenvalue weighted by Crippen LogP contribution is -2.08. The van der Waals surface area contributed by atoms with Gasteiger partial charge in [0, 0.05) is 0 Å². The predicted octanol–water partition coefficient (Wildman–Crippen LogP) is 3.33. The average molecular weight is 308 g/mol. The number of ether oxygens (including phenoxy) is 1. The van der Waals surface area contributed by atoms with E-state index in [9.17, 15) is 4.79 Å². The second-order valence-corrected chi connectivity index (χ2v) is 5.14. The van der Waals surface area contributed by atoms with E-state index < -0.39 is 0 Å². The van der Waals surface area contributed by atoms with Crippen LogP contribution in [0.15, 0.2) is 59.1 Å². The zero-order valence-corrected chi connectivity index (χ0v) is 12.7. The predicted molar refractivity (Wildman–Crippen MR) is 84.4 cm³/mol. The first-order valence-electron chi connectivity index (χ1n) is 7.30. The van der Waals surface area contributed by atoms with Crippen LogP contribution in [-0.2, 0) is 22.6 Å². The highest BCUT2D eigenvalue weighted by atomic mass is 16.6. The average Bonchev–Trinajstić information content (AvgIpc) is 3.00. The fraction of sp³-hybridized carbons (Fsp3) is 0.167. The lowest BCUT2D eigenvalue weighted by Gasteiger charge is -2.05. The van der Waals surface area contributed by atoms with Gasteiger partial charge in [-0.25, -0.2) is 0 Å². The van der Waals surface area contributed by atoms with E-state index in [1.807, 2.05) is 42.5 Å². The number of esters is 1. The Bertz CT molecular complexity index is 780. The Hall–Kier alpha value is -2.95. The molecule has 1 heterocycles. The molecule has 5 nitrogen and oxygen atoms in total. The van der Waals surface area contributed by atoms with Crippen LogP contribution in [0.2, 0.25) is 0 Å². The summed E-state index contributed by atoms with van der Waals surface area (Å²) in [4.78, 5) is 15.8. The van der Waals surface area contributed by atoms with Crippen molar-refractivity contribution in [3.8, 4) is 11.1 Å². The van der Waals surface area contributed by atoms with E-state index in [2.05, 4.69) is 22.3 Å². The minimum absolute atomic E-state index is 0.00176. The number of hydrogen-bond donors (Lipinski definition) is 0. The van der Waals surface area contributed by atoms with Crippen molar-refractivity contribution in [3.05, 3.63) is 71.9 Å². The number of carbonyl (C=O) groups is 1. The maximum atomic E-state index is 11.8. The number of nitrogens with zero attached hydrogens (tertiary/aromatic N) is 2. The molecule has 0 spiro atoms. The number of hydrogen-bond acceptors (Lipinski definition) is 5. The van der Waals surface area contributed by atoms with Gasteiger partial charge in [-0.1, -0.05) is 59.8 Å². The standard InChI is InChI=1S/C18H16N2O3/c1-13-19-17(23-20-13)12-22-18(21)11-14-7-9-16(10-8-14)15-5-3-2-4-6-15/h2-10H,11-12H2,1H3. The molecule has 0 aliphatic rings. The lowest BCUT2D eigenvalue weighted by atomic mass is 10.0. The molecule has 0 bridgehead atoms. The first kappa shape index (κ1) is 15.0. The molecule has 0 amide bonds. The normalized spacial score (nSPS) is 10.5. The van der Waals surface area contributed by atoms with Gasteiger partial charge >= 0.3 is 5.97 Å². The van der Waals surface area contributed by atoms with Crippen LogP contribution in [0.1, 0.15) is 17.3 Å². The Morgan fingerprint density at radius 2 is 1.74 bits per heavy atom. The summed E-state index contributed by atoms with van der Waals surface area (Å²) < 4.78 is 10.0. The first-order valence-corrected chi connectivity index (χ1v) is 7.30. The SMILES string of the molecule is Cc1noc(COC(=O)Cc2ccc(-c3ccccc3)cc2)n1. The van der Waals surface area contributed by atoms with E-state index in [1.54, 1.807) is 6.92 Å². The van der Waals surface area contributed by atoms with Gasteiger partial charge < -0.3 is 9.26 Å². The Morgan fingerprint density at radius 3 is 2.39 bits per heavy atom. The smallest absolute Gasteiger partial charge is 0.310 e. The Morgan fingerprint density at radius 1 is 1.04 bits per heavy atom. The fourth-order valence-electron chi connectivity index (χ4n) is 2.20. The van der Waals surface area contributed by atoms with Crippen molar-refractivity contribution in [1.82, 2.24) is 10.1 Å². The van der Waals surface area contributed by atoms with Gasteiger partial charge in [0.15, 0.2) is 12.4 Å². The van der Waals surface area contributed by atoms with Crippen molar-refractivity contribution in [2.75, 3.05) is 0 Å². The van der Waals surface area contributed by atoms with Gasteiger partial charge in [-0.2, -0.15) is 4.98 Å². The van der Waals surface area contributed by atoms with E-state index >= 15 is 0 Å². The molecule has 2 aromatic carbocycles. The molecular formula is C18H16N2O3. The molecule has 0 aliphatic heterocycles. The van der Waals surface area contributed by atoms with Gasteiger partial charge in [0.1, 0.15) is 0 Å². The third-order valence-electron chi connectivity index (χ3n) is 3.34. The molecule has 0 unspecified atom stereocenters. The fourth-order valence-corrected chi connectivity index (χ4v) is 2.20. The number of rotatable bonds is 5. The summed E-state index contributed by atoms with van der Waals surface area (Å²) >= 11 is 0. The topological polar surface area (TPSA) is 65.2 Å². The van der Waals surface area contributed by atoms with Crippen molar-refractivity contribution in [3.63, 3.8) is 0 Å². The third-order valence-corrected chi connectivity index (χ3v) is 3.34. The van der Waals surface area contributed by atoms with Gasteiger partial charge in [-0.05, 0) is 23.6 Å². The minimum Gasteiger partial charge on any atom is -0.455 e. The molecule has 3 rings (SSSR count). The molecule has 0 radical (unpaired) electrons. The molecule has 0 N–H and O–H groups in total. The summed E-state index contributed by atoms with van der Waals surface area (Å²) in [6.07, 6.45) is 0.211. The van der Waals surface area contributed by atoms with Crippen LogP contribution in [-0.4, -0.2) is 16.1 Å². The third kappa shape index (κ3) is 4.03. The number of benzene rings is 2. The summed E-state index contributed by atoms with van der Waals surface area (Å²) in [5.74, 6) is 0.496. The van der Waals surface area contributed by atoms with E-state index in [0.29, 0.717) is 11.7 Å². The van der Waals surface area contributed by atoms with E-state index in [0.717, 1.165) is 16.7 Å². The molecule has 0 saturated heterocycles. The molecule has 1 aromatic heterocycles. The van der Waals surface area contributed by atoms with Gasteiger partial charge in [0.05, 0.1) is 6.42 Å². The zero-order valence-electron chi connectivity index (χ0n) is 12.7. The van der Waals surface area contributed by atoms with Crippen LogP contribution in [0.4, 0.5) is 0 Å². The summed E-state index contributed by atoms with van der Waals surface area (Å²) in [7, 11) is 0. The van der Waals surface area contributed by atoms with Crippen LogP contribution >= 0.6 is 0 Å². The molecule has 0 atom stereocenters. The van der Waals surface area contributed by atoms with Crippen LogP contribution in [0.3, 0.4) is 0 Å². The lowest BCUT2D eigenvalue weighted by molar-refractivity contribution is -0.144. The second kappa shape index (κ2) is 6.87. The van der Waals surface area contributed by atoms with Gasteiger partial charge in [0.25, 0.3) is 5.89 Å². The van der Waals surface area contributed by atoms with Gasteiger partial charge in [0.2, 0.25) is 0 Å². The first-order chi connectivity index (χ1) is 11.2. The molecule has 0 aliphatic carbocycles. The molecule has 3 aromatic rings. The van der Waals surface area contributed by atoms with E-state index in [4.69, 9.17) is 9.26 Å². The summed E-state index contributed by atoms with van der Waals surface area (Å²) in [5, 5.41) is 3.64. The van der Waals surface area contributed by atoms with Crippen molar-refractivity contribution < 1.29 is 14.1 Å². The Labute approximate surface area is 133 Å². The maximum absolute atomic E-state index is 11.8. The Balaban J connectivity index is 1.56. The number of carbonyl (C=O) groups excluding carboxylic acids is 1. The van der Waals surface area contributed by atoms with Crippen molar-refractivity contribution >= 4 is 5.97 Å². The van der Waals surface area contributed by atoms with Crippen molar-refractivity contribution in [2.24, 2.45) is 0 Å². The quantitative estimate of drug-likeness (QED) is 0.676. The summed E-state index contributed by atoms with van der Waals surface area (Å²) in [6.45, 7) is 1.71. The monoisotopic (exact) mass is 308 g/mol. The van der Waals surface area contributed by atoms with Crippen molar-refractivity contribution in [1.29, 1.82) is 0 Å². The van der Waals surface area contributed by atoms with Gasteiger partial charge in [-0.3, -0.25) is 4.79 Å². The molecule has 0 fully saturated rings. The molecular weight excluding hydrogens is 292 g/mol. The van der Waals surface area contributed by atoms with E-state index in [-0.39, 0.29) is 19.0 Å². The van der Waals surface area contributed by atoms with Crippen LogP contribution in [0.5, 0.6) is 0 Å².